The van der Waals surface area contributed by atoms with E-state index in [1.165, 1.54) is 12.1 Å². The summed E-state index contributed by atoms with van der Waals surface area (Å²) in [5.74, 6) is -0.880. The molecule has 0 aliphatic rings. The number of benzene rings is 1. The van der Waals surface area contributed by atoms with Gasteiger partial charge in [0.05, 0.1) is 0 Å². The number of aromatic hydroxyl groups is 1. The Kier molecular flexibility index (Phi) is 4.58. The van der Waals surface area contributed by atoms with E-state index in [0.717, 1.165) is 0 Å². The van der Waals surface area contributed by atoms with Crippen molar-refractivity contribution in [1.29, 1.82) is 0 Å². The molecule has 0 saturated heterocycles. The number of nitrogen functional groups attached to an aromatic ring is 1. The molecule has 5 N–H and O–H groups in total. The van der Waals surface area contributed by atoms with Gasteiger partial charge in [-0.1, -0.05) is 26.8 Å². The normalized spacial score (nSPS) is 13.1. The Bertz CT molecular complexity index is 377. The van der Waals surface area contributed by atoms with Gasteiger partial charge in [-0.05, 0) is 11.5 Å². The molecule has 0 amide bonds. The van der Waals surface area contributed by atoms with Gasteiger partial charge in [-0.25, -0.2) is 4.39 Å². The summed E-state index contributed by atoms with van der Waals surface area (Å²) < 4.78 is 13.0. The van der Waals surface area contributed by atoms with E-state index in [2.05, 4.69) is 0 Å². The quantitative estimate of drug-likeness (QED) is 0.528. The fraction of sp³-hybridized carbons (Fsp3) is 0.455. The highest BCUT2D eigenvalue weighted by Gasteiger charge is 2.26. The van der Waals surface area contributed by atoms with Crippen molar-refractivity contribution in [3.05, 3.63) is 23.5 Å². The number of phenolic OH excluding ortho intramolecular Hbond substituents is 1. The molecule has 0 saturated carbocycles. The van der Waals surface area contributed by atoms with Crippen molar-refractivity contribution in [2.45, 2.75) is 26.8 Å². The van der Waals surface area contributed by atoms with E-state index in [-0.39, 0.29) is 35.3 Å². The average molecular weight is 249 g/mol. The molecule has 1 atom stereocenters. The van der Waals surface area contributed by atoms with Gasteiger partial charge in [0.15, 0.2) is 0 Å². The van der Waals surface area contributed by atoms with Gasteiger partial charge in [-0.2, -0.15) is 0 Å². The van der Waals surface area contributed by atoms with Crippen LogP contribution in [0.1, 0.15) is 32.4 Å². The number of rotatable bonds is 1. The van der Waals surface area contributed by atoms with Crippen LogP contribution >= 0.6 is 12.4 Å². The first kappa shape index (κ1) is 15.0. The number of anilines is 1. The van der Waals surface area contributed by atoms with Gasteiger partial charge in [0.25, 0.3) is 0 Å². The third kappa shape index (κ3) is 2.77. The summed E-state index contributed by atoms with van der Waals surface area (Å²) in [6.07, 6.45) is 0. The van der Waals surface area contributed by atoms with Crippen LogP contribution in [0.2, 0.25) is 0 Å². The standard InChI is InChI=1S/C11H17FN2O.ClH/c1-11(2,3)10(14)6-4-5-7(12)8(13)9(6)15;/h4-5,10,15H,13-14H2,1-3H3;1H/t10-;/m1./s1. The van der Waals surface area contributed by atoms with Gasteiger partial charge in [-0.15, -0.1) is 12.4 Å². The number of halogens is 2. The third-order valence-electron chi connectivity index (χ3n) is 2.46. The van der Waals surface area contributed by atoms with Crippen LogP contribution in [-0.2, 0) is 0 Å². The van der Waals surface area contributed by atoms with Crippen molar-refractivity contribution in [2.24, 2.45) is 11.1 Å². The second-order valence-corrected chi connectivity index (χ2v) is 4.74. The van der Waals surface area contributed by atoms with E-state index in [9.17, 15) is 9.50 Å². The fourth-order valence-corrected chi connectivity index (χ4v) is 1.32. The first-order chi connectivity index (χ1) is 6.75. The van der Waals surface area contributed by atoms with Crippen LogP contribution in [0.4, 0.5) is 10.1 Å². The maximum absolute atomic E-state index is 13.0. The lowest BCUT2D eigenvalue weighted by Crippen LogP contribution is -2.26. The van der Waals surface area contributed by atoms with Crippen molar-refractivity contribution in [2.75, 3.05) is 5.73 Å². The molecule has 0 aliphatic heterocycles. The average Bonchev–Trinajstić information content (AvgIpc) is 2.12. The topological polar surface area (TPSA) is 72.3 Å². The van der Waals surface area contributed by atoms with Crippen LogP contribution < -0.4 is 11.5 Å². The highest BCUT2D eigenvalue weighted by Crippen LogP contribution is 2.38. The maximum atomic E-state index is 13.0. The molecule has 92 valence electrons. The number of phenols is 1. The molecule has 0 unspecified atom stereocenters. The van der Waals surface area contributed by atoms with E-state index in [0.29, 0.717) is 5.56 Å². The second-order valence-electron chi connectivity index (χ2n) is 4.74. The van der Waals surface area contributed by atoms with Crippen molar-refractivity contribution >= 4 is 18.1 Å². The molecule has 5 heteroatoms. The van der Waals surface area contributed by atoms with E-state index in [1.807, 2.05) is 20.8 Å². The van der Waals surface area contributed by atoms with Crippen molar-refractivity contribution in [1.82, 2.24) is 0 Å². The van der Waals surface area contributed by atoms with Gasteiger partial charge in [0.1, 0.15) is 17.3 Å². The van der Waals surface area contributed by atoms with Gasteiger partial charge in [-0.3, -0.25) is 0 Å². The maximum Gasteiger partial charge on any atom is 0.149 e. The Labute approximate surface area is 101 Å². The first-order valence-corrected chi connectivity index (χ1v) is 4.77. The minimum Gasteiger partial charge on any atom is -0.505 e. The predicted octanol–water partition coefficient (Wildman–Crippen LogP) is 2.58. The zero-order chi connectivity index (χ0) is 11.8. The van der Waals surface area contributed by atoms with Crippen LogP contribution in [0.3, 0.4) is 0 Å². The second kappa shape index (κ2) is 4.89. The Morgan fingerprint density at radius 1 is 1.31 bits per heavy atom. The molecule has 16 heavy (non-hydrogen) atoms. The van der Waals surface area contributed by atoms with Crippen LogP contribution in [0.25, 0.3) is 0 Å². The molecular weight excluding hydrogens is 231 g/mol. The molecule has 0 fully saturated rings. The molecule has 0 bridgehead atoms. The van der Waals surface area contributed by atoms with E-state index < -0.39 is 5.82 Å². The lowest BCUT2D eigenvalue weighted by molar-refractivity contribution is 0.317. The summed E-state index contributed by atoms with van der Waals surface area (Å²) in [6, 6.07) is 2.30. The number of hydrogen-bond acceptors (Lipinski definition) is 3. The van der Waals surface area contributed by atoms with E-state index in [4.69, 9.17) is 11.5 Å². The van der Waals surface area contributed by atoms with Crippen LogP contribution in [-0.4, -0.2) is 5.11 Å². The largest absolute Gasteiger partial charge is 0.505 e. The first-order valence-electron chi connectivity index (χ1n) is 4.77. The lowest BCUT2D eigenvalue weighted by Gasteiger charge is -2.28. The van der Waals surface area contributed by atoms with Crippen molar-refractivity contribution < 1.29 is 9.50 Å². The Balaban J connectivity index is 0.00000225. The smallest absolute Gasteiger partial charge is 0.149 e. The molecular formula is C11H18ClFN2O. The Hall–Kier alpha value is -1.00. The van der Waals surface area contributed by atoms with Crippen molar-refractivity contribution in [3.63, 3.8) is 0 Å². The van der Waals surface area contributed by atoms with Gasteiger partial charge >= 0.3 is 0 Å². The molecule has 0 aliphatic carbocycles. The van der Waals surface area contributed by atoms with Crippen LogP contribution in [0.15, 0.2) is 12.1 Å². The molecule has 3 nitrogen and oxygen atoms in total. The summed E-state index contributed by atoms with van der Waals surface area (Å²) in [6.45, 7) is 5.82. The molecule has 1 aromatic carbocycles. The number of nitrogens with two attached hydrogens (primary N) is 2. The van der Waals surface area contributed by atoms with Gasteiger partial charge in [0.2, 0.25) is 0 Å². The van der Waals surface area contributed by atoms with Crippen molar-refractivity contribution in [3.8, 4) is 5.75 Å². The zero-order valence-corrected chi connectivity index (χ0v) is 10.4. The summed E-state index contributed by atoms with van der Waals surface area (Å²) in [5, 5.41) is 9.67. The molecule has 0 spiro atoms. The molecule has 0 radical (unpaired) electrons. The highest BCUT2D eigenvalue weighted by atomic mass is 35.5. The molecule has 1 rings (SSSR count). The third-order valence-corrected chi connectivity index (χ3v) is 2.46. The summed E-state index contributed by atoms with van der Waals surface area (Å²) in [5.41, 5.74) is 11.3. The predicted molar refractivity (Wildman–Crippen MR) is 66.1 cm³/mol. The monoisotopic (exact) mass is 248 g/mol. The zero-order valence-electron chi connectivity index (χ0n) is 9.62. The molecule has 0 heterocycles. The van der Waals surface area contributed by atoms with Crippen LogP contribution in [0, 0.1) is 11.2 Å². The summed E-state index contributed by atoms with van der Waals surface area (Å²) in [4.78, 5) is 0. The highest BCUT2D eigenvalue weighted by molar-refractivity contribution is 5.85. The minimum atomic E-state index is -0.627. The van der Waals surface area contributed by atoms with Gasteiger partial charge < -0.3 is 16.6 Å². The van der Waals surface area contributed by atoms with E-state index >= 15 is 0 Å². The molecule has 0 aromatic heterocycles. The fourth-order valence-electron chi connectivity index (χ4n) is 1.32. The lowest BCUT2D eigenvalue weighted by atomic mass is 9.82. The van der Waals surface area contributed by atoms with Gasteiger partial charge in [0, 0.05) is 11.6 Å². The summed E-state index contributed by atoms with van der Waals surface area (Å²) in [7, 11) is 0. The Morgan fingerprint density at radius 2 is 1.81 bits per heavy atom. The Morgan fingerprint density at radius 3 is 2.25 bits per heavy atom. The van der Waals surface area contributed by atoms with Crippen LogP contribution in [0.5, 0.6) is 5.75 Å². The minimum absolute atomic E-state index is 0. The SMILES string of the molecule is CC(C)(C)[C@H](N)c1ccc(F)c(N)c1O.Cl. The van der Waals surface area contributed by atoms with E-state index in [1.54, 1.807) is 0 Å². The molecule has 1 aromatic rings. The summed E-state index contributed by atoms with van der Waals surface area (Å²) >= 11 is 0. The number of hydrogen-bond donors (Lipinski definition) is 3.